The minimum absolute atomic E-state index is 0.143. The highest BCUT2D eigenvalue weighted by Gasteiger charge is 2.27. The minimum atomic E-state index is -0.732. The van der Waals surface area contributed by atoms with E-state index in [9.17, 15) is 9.59 Å². The monoisotopic (exact) mass is 327 g/mol. The molecule has 24 heavy (non-hydrogen) atoms. The van der Waals surface area contributed by atoms with Gasteiger partial charge < -0.3 is 19.5 Å². The Bertz CT molecular complexity index is 741. The van der Waals surface area contributed by atoms with Crippen molar-refractivity contribution in [3.8, 4) is 11.5 Å². The van der Waals surface area contributed by atoms with Crippen molar-refractivity contribution in [1.29, 1.82) is 0 Å². The van der Waals surface area contributed by atoms with E-state index in [1.54, 1.807) is 43.3 Å². The van der Waals surface area contributed by atoms with E-state index in [0.717, 1.165) is 0 Å². The fourth-order valence-electron chi connectivity index (χ4n) is 2.28. The van der Waals surface area contributed by atoms with Crippen molar-refractivity contribution in [2.45, 2.75) is 13.0 Å². The number of nitrogens with one attached hydrogen (secondary N) is 1. The van der Waals surface area contributed by atoms with Gasteiger partial charge in [-0.3, -0.25) is 4.79 Å². The quantitative estimate of drug-likeness (QED) is 0.874. The van der Waals surface area contributed by atoms with Gasteiger partial charge >= 0.3 is 5.97 Å². The summed E-state index contributed by atoms with van der Waals surface area (Å²) < 4.78 is 16.1. The maximum Gasteiger partial charge on any atom is 0.338 e. The molecule has 1 heterocycles. The van der Waals surface area contributed by atoms with E-state index in [-0.39, 0.29) is 12.5 Å². The number of carbonyl (C=O) groups is 2. The number of hydrogen-bond donors (Lipinski definition) is 1. The number of carbonyl (C=O) groups excluding carboxylic acids is 2. The normalized spacial score (nSPS) is 15.5. The van der Waals surface area contributed by atoms with Crippen LogP contribution in [0.3, 0.4) is 0 Å². The molecule has 0 saturated carbocycles. The topological polar surface area (TPSA) is 73.9 Å². The SMILES string of the molecule is CCOC(=O)c1ccc(NC(=O)[C@@H]2COc3ccccc3O2)cc1. The van der Waals surface area contributed by atoms with Crippen LogP contribution in [0.1, 0.15) is 17.3 Å². The third kappa shape index (κ3) is 3.48. The van der Waals surface area contributed by atoms with Gasteiger partial charge in [0.15, 0.2) is 11.5 Å². The molecule has 124 valence electrons. The van der Waals surface area contributed by atoms with Crippen molar-refractivity contribution in [2.24, 2.45) is 0 Å². The van der Waals surface area contributed by atoms with Gasteiger partial charge in [0.25, 0.3) is 5.91 Å². The molecule has 0 unspecified atom stereocenters. The Hall–Kier alpha value is -3.02. The van der Waals surface area contributed by atoms with Crippen LogP contribution < -0.4 is 14.8 Å². The van der Waals surface area contributed by atoms with Gasteiger partial charge in [-0.25, -0.2) is 4.79 Å². The lowest BCUT2D eigenvalue weighted by atomic mass is 10.2. The molecule has 6 heteroatoms. The van der Waals surface area contributed by atoms with Crippen LogP contribution in [0, 0.1) is 0 Å². The molecule has 0 bridgehead atoms. The summed E-state index contributed by atoms with van der Waals surface area (Å²) in [5.41, 5.74) is 0.997. The number of amides is 1. The Morgan fingerprint density at radius 2 is 1.83 bits per heavy atom. The fourth-order valence-corrected chi connectivity index (χ4v) is 2.28. The minimum Gasteiger partial charge on any atom is -0.485 e. The highest BCUT2D eigenvalue weighted by molar-refractivity contribution is 5.95. The lowest BCUT2D eigenvalue weighted by Gasteiger charge is -2.25. The second-order valence-electron chi connectivity index (χ2n) is 5.15. The second kappa shape index (κ2) is 7.04. The number of ether oxygens (including phenoxy) is 3. The van der Waals surface area contributed by atoms with Crippen LogP contribution in [-0.2, 0) is 9.53 Å². The first-order chi connectivity index (χ1) is 11.7. The molecule has 1 atom stereocenters. The summed E-state index contributed by atoms with van der Waals surface area (Å²) in [6.45, 7) is 2.21. The van der Waals surface area contributed by atoms with Crippen molar-refractivity contribution < 1.29 is 23.8 Å². The van der Waals surface area contributed by atoms with E-state index in [2.05, 4.69) is 5.32 Å². The van der Waals surface area contributed by atoms with Crippen molar-refractivity contribution in [2.75, 3.05) is 18.5 Å². The van der Waals surface area contributed by atoms with E-state index in [4.69, 9.17) is 14.2 Å². The number of anilines is 1. The van der Waals surface area contributed by atoms with Gasteiger partial charge in [-0.1, -0.05) is 12.1 Å². The molecule has 2 aromatic rings. The molecule has 1 aliphatic rings. The van der Waals surface area contributed by atoms with E-state index in [1.165, 1.54) is 0 Å². The summed E-state index contributed by atoms with van der Waals surface area (Å²) in [7, 11) is 0. The summed E-state index contributed by atoms with van der Waals surface area (Å²) in [6.07, 6.45) is -0.732. The summed E-state index contributed by atoms with van der Waals surface area (Å²) in [4.78, 5) is 23.9. The van der Waals surface area contributed by atoms with Crippen molar-refractivity contribution in [3.05, 3.63) is 54.1 Å². The van der Waals surface area contributed by atoms with Crippen LogP contribution in [0.5, 0.6) is 11.5 Å². The van der Waals surface area contributed by atoms with E-state index in [1.807, 2.05) is 12.1 Å². The molecular formula is C18H17NO5. The van der Waals surface area contributed by atoms with Gasteiger partial charge in [0, 0.05) is 5.69 Å². The number of para-hydroxylation sites is 2. The number of hydrogen-bond acceptors (Lipinski definition) is 5. The molecule has 6 nitrogen and oxygen atoms in total. The zero-order chi connectivity index (χ0) is 16.9. The molecule has 3 rings (SSSR count). The van der Waals surface area contributed by atoms with Gasteiger partial charge in [0.05, 0.1) is 12.2 Å². The molecule has 0 aromatic heterocycles. The summed E-state index contributed by atoms with van der Waals surface area (Å²) in [5.74, 6) is 0.464. The highest BCUT2D eigenvalue weighted by Crippen LogP contribution is 2.31. The number of fused-ring (bicyclic) bond motifs is 1. The average Bonchev–Trinajstić information content (AvgIpc) is 2.62. The standard InChI is InChI=1S/C18H17NO5/c1-2-22-18(21)12-7-9-13(10-8-12)19-17(20)16-11-23-14-5-3-4-6-15(14)24-16/h3-10,16H,2,11H2,1H3,(H,19,20)/t16-/m0/s1. The van der Waals surface area contributed by atoms with Gasteiger partial charge in [-0.15, -0.1) is 0 Å². The van der Waals surface area contributed by atoms with Crippen LogP contribution in [0.4, 0.5) is 5.69 Å². The number of benzene rings is 2. The first-order valence-electron chi connectivity index (χ1n) is 7.64. The average molecular weight is 327 g/mol. The molecule has 0 radical (unpaired) electrons. The van der Waals surface area contributed by atoms with Crippen LogP contribution in [0.15, 0.2) is 48.5 Å². The van der Waals surface area contributed by atoms with Crippen molar-refractivity contribution in [1.82, 2.24) is 0 Å². The third-order valence-corrected chi connectivity index (χ3v) is 3.46. The molecule has 0 saturated heterocycles. The second-order valence-corrected chi connectivity index (χ2v) is 5.15. The number of esters is 1. The predicted octanol–water partition coefficient (Wildman–Crippen LogP) is 2.64. The van der Waals surface area contributed by atoms with Crippen LogP contribution in [-0.4, -0.2) is 31.2 Å². The fraction of sp³-hybridized carbons (Fsp3) is 0.222. The van der Waals surface area contributed by atoms with Crippen LogP contribution in [0.25, 0.3) is 0 Å². The summed E-state index contributed by atoms with van der Waals surface area (Å²) >= 11 is 0. The zero-order valence-corrected chi connectivity index (χ0v) is 13.2. The molecule has 2 aromatic carbocycles. The maximum atomic E-state index is 12.3. The first kappa shape index (κ1) is 15.9. The maximum absolute atomic E-state index is 12.3. The van der Waals surface area contributed by atoms with Crippen LogP contribution >= 0.6 is 0 Å². The first-order valence-corrected chi connectivity index (χ1v) is 7.64. The number of rotatable bonds is 4. The Morgan fingerprint density at radius 3 is 2.54 bits per heavy atom. The highest BCUT2D eigenvalue weighted by atomic mass is 16.6. The van der Waals surface area contributed by atoms with E-state index >= 15 is 0 Å². The lowest BCUT2D eigenvalue weighted by Crippen LogP contribution is -2.40. The Kier molecular flexibility index (Phi) is 4.65. The van der Waals surface area contributed by atoms with E-state index in [0.29, 0.717) is 29.4 Å². The zero-order valence-electron chi connectivity index (χ0n) is 13.2. The molecule has 1 N–H and O–H groups in total. The molecule has 1 amide bonds. The van der Waals surface area contributed by atoms with Gasteiger partial charge in [-0.05, 0) is 43.3 Å². The lowest BCUT2D eigenvalue weighted by molar-refractivity contribution is -0.125. The smallest absolute Gasteiger partial charge is 0.338 e. The Labute approximate surface area is 139 Å². The predicted molar refractivity (Wildman–Crippen MR) is 87.4 cm³/mol. The molecular weight excluding hydrogens is 310 g/mol. The molecule has 0 fully saturated rings. The Balaban J connectivity index is 1.62. The Morgan fingerprint density at radius 1 is 1.12 bits per heavy atom. The third-order valence-electron chi connectivity index (χ3n) is 3.46. The van der Waals surface area contributed by atoms with Gasteiger partial charge in [0.1, 0.15) is 6.61 Å². The summed E-state index contributed by atoms with van der Waals surface area (Å²) in [6, 6.07) is 13.7. The van der Waals surface area contributed by atoms with Crippen LogP contribution in [0.2, 0.25) is 0 Å². The van der Waals surface area contributed by atoms with Crippen molar-refractivity contribution >= 4 is 17.6 Å². The molecule has 0 aliphatic carbocycles. The van der Waals surface area contributed by atoms with Gasteiger partial charge in [0.2, 0.25) is 6.10 Å². The van der Waals surface area contributed by atoms with Crippen molar-refractivity contribution in [3.63, 3.8) is 0 Å². The van der Waals surface area contributed by atoms with Gasteiger partial charge in [-0.2, -0.15) is 0 Å². The molecule has 1 aliphatic heterocycles. The largest absolute Gasteiger partial charge is 0.485 e. The van der Waals surface area contributed by atoms with E-state index < -0.39 is 12.1 Å². The summed E-state index contributed by atoms with van der Waals surface area (Å²) in [5, 5.41) is 2.74. The molecule has 0 spiro atoms.